The minimum Gasteiger partial charge on any atom is -0.399 e. The van der Waals surface area contributed by atoms with Gasteiger partial charge in [-0.2, -0.15) is 0 Å². The van der Waals surface area contributed by atoms with Crippen LogP contribution in [-0.2, 0) is 0 Å². The van der Waals surface area contributed by atoms with Gasteiger partial charge in [0, 0.05) is 18.3 Å². The molecule has 0 aliphatic heterocycles. The number of carbonyl (C=O) groups excluding carboxylic acids is 1. The highest BCUT2D eigenvalue weighted by Crippen LogP contribution is 2.33. The number of amides is 1. The van der Waals surface area contributed by atoms with Crippen LogP contribution in [0.2, 0.25) is 5.02 Å². The molecule has 18 heavy (non-hydrogen) atoms. The van der Waals surface area contributed by atoms with E-state index in [1.165, 1.54) is 0 Å². The first-order valence-corrected chi connectivity index (χ1v) is 6.45. The quantitative estimate of drug-likeness (QED) is 0.807. The molecule has 1 atom stereocenters. The van der Waals surface area contributed by atoms with E-state index in [2.05, 4.69) is 18.7 Å². The van der Waals surface area contributed by atoms with Gasteiger partial charge in [0.1, 0.15) is 0 Å². The zero-order valence-electron chi connectivity index (χ0n) is 11.0. The largest absolute Gasteiger partial charge is 0.399 e. The third-order valence-corrected chi connectivity index (χ3v) is 3.39. The smallest absolute Gasteiger partial charge is 0.250 e. The Hall–Kier alpha value is -1.42. The van der Waals surface area contributed by atoms with Crippen molar-refractivity contribution >= 4 is 28.9 Å². The minimum absolute atomic E-state index is 0.272. The van der Waals surface area contributed by atoms with E-state index in [4.69, 9.17) is 23.1 Å². The van der Waals surface area contributed by atoms with Crippen molar-refractivity contribution in [2.75, 3.05) is 17.2 Å². The van der Waals surface area contributed by atoms with Crippen molar-refractivity contribution in [3.05, 3.63) is 22.7 Å². The standard InChI is InChI=1S/C13H20ClN3O/c1-4-8(3)17(5-2)12-10(13(16)18)6-9(15)7-11(12)14/h6-8H,4-5,15H2,1-3H3,(H2,16,18). The van der Waals surface area contributed by atoms with Gasteiger partial charge in [0.15, 0.2) is 0 Å². The lowest BCUT2D eigenvalue weighted by Gasteiger charge is -2.31. The number of primary amides is 1. The van der Waals surface area contributed by atoms with Gasteiger partial charge in [0.2, 0.25) is 0 Å². The van der Waals surface area contributed by atoms with Crippen LogP contribution >= 0.6 is 11.6 Å². The van der Waals surface area contributed by atoms with Crippen LogP contribution in [-0.4, -0.2) is 18.5 Å². The lowest BCUT2D eigenvalue weighted by atomic mass is 10.1. The van der Waals surface area contributed by atoms with Crippen LogP contribution in [0.25, 0.3) is 0 Å². The van der Waals surface area contributed by atoms with Crippen molar-refractivity contribution in [3.63, 3.8) is 0 Å². The number of anilines is 2. The van der Waals surface area contributed by atoms with Crippen molar-refractivity contribution < 1.29 is 4.79 Å². The maximum absolute atomic E-state index is 11.5. The monoisotopic (exact) mass is 269 g/mol. The number of nitrogen functional groups attached to an aromatic ring is 1. The molecular weight excluding hydrogens is 250 g/mol. The molecule has 1 unspecified atom stereocenters. The van der Waals surface area contributed by atoms with Crippen molar-refractivity contribution in [2.45, 2.75) is 33.2 Å². The Morgan fingerprint density at radius 1 is 1.44 bits per heavy atom. The number of rotatable bonds is 5. The topological polar surface area (TPSA) is 72.3 Å². The van der Waals surface area contributed by atoms with Gasteiger partial charge in [0.05, 0.1) is 16.3 Å². The van der Waals surface area contributed by atoms with Crippen LogP contribution in [0.15, 0.2) is 12.1 Å². The number of hydrogen-bond donors (Lipinski definition) is 2. The molecule has 0 bridgehead atoms. The Kier molecular flexibility index (Phi) is 4.84. The van der Waals surface area contributed by atoms with E-state index in [1.807, 2.05) is 6.92 Å². The third-order valence-electron chi connectivity index (χ3n) is 3.10. The summed E-state index contributed by atoms with van der Waals surface area (Å²) in [6.07, 6.45) is 0.951. The third kappa shape index (κ3) is 2.88. The van der Waals surface area contributed by atoms with Crippen LogP contribution in [0.3, 0.4) is 0 Å². The Bertz CT molecular complexity index is 448. The van der Waals surface area contributed by atoms with E-state index in [0.29, 0.717) is 22.0 Å². The molecule has 4 nitrogen and oxygen atoms in total. The first-order chi connectivity index (χ1) is 8.42. The van der Waals surface area contributed by atoms with Crippen molar-refractivity contribution in [1.29, 1.82) is 0 Å². The maximum Gasteiger partial charge on any atom is 0.250 e. The number of hydrogen-bond acceptors (Lipinski definition) is 3. The van der Waals surface area contributed by atoms with Gasteiger partial charge in [-0.1, -0.05) is 18.5 Å². The molecule has 0 saturated heterocycles. The summed E-state index contributed by atoms with van der Waals surface area (Å²) in [5, 5.41) is 0.464. The molecule has 0 spiro atoms. The number of carbonyl (C=O) groups is 1. The van der Waals surface area contributed by atoms with E-state index in [0.717, 1.165) is 13.0 Å². The zero-order chi connectivity index (χ0) is 13.9. The SMILES string of the molecule is CCC(C)N(CC)c1c(Cl)cc(N)cc1C(N)=O. The lowest BCUT2D eigenvalue weighted by Crippen LogP contribution is -2.34. The van der Waals surface area contributed by atoms with Gasteiger partial charge in [0.25, 0.3) is 5.91 Å². The fourth-order valence-corrected chi connectivity index (χ4v) is 2.35. The molecule has 0 aliphatic carbocycles. The van der Waals surface area contributed by atoms with E-state index >= 15 is 0 Å². The molecule has 1 aromatic carbocycles. The fraction of sp³-hybridized carbons (Fsp3) is 0.462. The van der Waals surface area contributed by atoms with E-state index in [-0.39, 0.29) is 6.04 Å². The fourth-order valence-electron chi connectivity index (χ4n) is 2.01. The molecule has 0 aromatic heterocycles. The zero-order valence-corrected chi connectivity index (χ0v) is 11.8. The molecular formula is C13H20ClN3O. The Labute approximate surface area is 113 Å². The molecule has 0 radical (unpaired) electrons. The van der Waals surface area contributed by atoms with Gasteiger partial charge < -0.3 is 16.4 Å². The number of nitrogens with zero attached hydrogens (tertiary/aromatic N) is 1. The first kappa shape index (κ1) is 14.6. The molecule has 0 fully saturated rings. The number of benzene rings is 1. The lowest BCUT2D eigenvalue weighted by molar-refractivity contribution is 0.100. The van der Waals surface area contributed by atoms with Crippen LogP contribution in [0.4, 0.5) is 11.4 Å². The molecule has 100 valence electrons. The second-order valence-electron chi connectivity index (χ2n) is 4.31. The average Bonchev–Trinajstić information content (AvgIpc) is 2.31. The van der Waals surface area contributed by atoms with Gasteiger partial charge in [-0.05, 0) is 32.4 Å². The van der Waals surface area contributed by atoms with Crippen LogP contribution in [0, 0.1) is 0 Å². The molecule has 5 heteroatoms. The summed E-state index contributed by atoms with van der Waals surface area (Å²) in [6.45, 7) is 6.94. The molecule has 1 amide bonds. The highest BCUT2D eigenvalue weighted by Gasteiger charge is 2.21. The second kappa shape index (κ2) is 5.96. The van der Waals surface area contributed by atoms with Crippen molar-refractivity contribution in [1.82, 2.24) is 0 Å². The highest BCUT2D eigenvalue weighted by molar-refractivity contribution is 6.34. The minimum atomic E-state index is -0.513. The van der Waals surface area contributed by atoms with Crippen LogP contribution < -0.4 is 16.4 Å². The Morgan fingerprint density at radius 2 is 2.06 bits per heavy atom. The van der Waals surface area contributed by atoms with Crippen LogP contribution in [0.5, 0.6) is 0 Å². The van der Waals surface area contributed by atoms with E-state index < -0.39 is 5.91 Å². The summed E-state index contributed by atoms with van der Waals surface area (Å²) >= 11 is 6.22. The summed E-state index contributed by atoms with van der Waals surface area (Å²) < 4.78 is 0. The van der Waals surface area contributed by atoms with E-state index in [9.17, 15) is 4.79 Å². The second-order valence-corrected chi connectivity index (χ2v) is 4.71. The molecule has 1 rings (SSSR count). The maximum atomic E-state index is 11.5. The molecule has 1 aromatic rings. The number of nitrogens with two attached hydrogens (primary N) is 2. The summed E-state index contributed by atoms with van der Waals surface area (Å²) in [7, 11) is 0. The molecule has 4 N–H and O–H groups in total. The molecule has 0 heterocycles. The predicted molar refractivity (Wildman–Crippen MR) is 77.2 cm³/mol. The highest BCUT2D eigenvalue weighted by atomic mass is 35.5. The number of halogens is 1. The summed E-state index contributed by atoms with van der Waals surface area (Å²) in [5.41, 5.74) is 12.6. The van der Waals surface area contributed by atoms with Gasteiger partial charge in [-0.25, -0.2) is 0 Å². The van der Waals surface area contributed by atoms with E-state index in [1.54, 1.807) is 12.1 Å². The van der Waals surface area contributed by atoms with Crippen molar-refractivity contribution in [3.8, 4) is 0 Å². The van der Waals surface area contributed by atoms with Crippen molar-refractivity contribution in [2.24, 2.45) is 5.73 Å². The first-order valence-electron chi connectivity index (χ1n) is 6.07. The van der Waals surface area contributed by atoms with Gasteiger partial charge in [-0.3, -0.25) is 4.79 Å². The molecule has 0 aliphatic rings. The predicted octanol–water partition coefficient (Wildman–Crippen LogP) is 2.65. The van der Waals surface area contributed by atoms with Gasteiger partial charge >= 0.3 is 0 Å². The van der Waals surface area contributed by atoms with Crippen LogP contribution in [0.1, 0.15) is 37.6 Å². The Balaban J connectivity index is 3.41. The Morgan fingerprint density at radius 3 is 2.50 bits per heavy atom. The normalized spacial score (nSPS) is 12.2. The summed E-state index contributed by atoms with van der Waals surface area (Å²) in [5.74, 6) is -0.513. The molecule has 0 saturated carbocycles. The average molecular weight is 270 g/mol. The summed E-state index contributed by atoms with van der Waals surface area (Å²) in [6, 6.07) is 3.50. The van der Waals surface area contributed by atoms with Gasteiger partial charge in [-0.15, -0.1) is 0 Å². The summed E-state index contributed by atoms with van der Waals surface area (Å²) in [4.78, 5) is 13.6.